The van der Waals surface area contributed by atoms with Crippen LogP contribution in [0.3, 0.4) is 0 Å². The molecule has 1 aromatic carbocycles. The predicted molar refractivity (Wildman–Crippen MR) is 69.8 cm³/mol. The Hall–Kier alpha value is -2.02. The molecule has 0 saturated heterocycles. The molecule has 0 aliphatic carbocycles. The number of halogens is 1. The van der Waals surface area contributed by atoms with Crippen LogP contribution in [-0.4, -0.2) is 20.9 Å². The van der Waals surface area contributed by atoms with Crippen LogP contribution in [0.15, 0.2) is 28.1 Å². The topological polar surface area (TPSA) is 81.1 Å². The summed E-state index contributed by atoms with van der Waals surface area (Å²) in [6.07, 6.45) is 0. The second kappa shape index (κ2) is 4.93. The van der Waals surface area contributed by atoms with Gasteiger partial charge in [-0.05, 0) is 25.1 Å². The fourth-order valence-corrected chi connectivity index (χ4v) is 2.59. The van der Waals surface area contributed by atoms with Gasteiger partial charge in [-0.3, -0.25) is 4.68 Å². The van der Waals surface area contributed by atoms with Crippen molar-refractivity contribution in [3.05, 3.63) is 35.3 Å². The molecular weight excluding hydrogens is 269 g/mol. The molecule has 19 heavy (non-hydrogen) atoms. The molecule has 2 aromatic rings. The number of nitrogen functional groups attached to an aromatic ring is 1. The van der Waals surface area contributed by atoms with Crippen molar-refractivity contribution in [3.63, 3.8) is 0 Å². The van der Waals surface area contributed by atoms with Gasteiger partial charge in [0, 0.05) is 12.7 Å². The summed E-state index contributed by atoms with van der Waals surface area (Å²) in [5.74, 6) is -1.73. The quantitative estimate of drug-likeness (QED) is 0.844. The first-order valence-corrected chi connectivity index (χ1v) is 6.21. The summed E-state index contributed by atoms with van der Waals surface area (Å²) in [7, 11) is 1.74. The van der Waals surface area contributed by atoms with E-state index in [0.717, 1.165) is 28.5 Å². The van der Waals surface area contributed by atoms with Gasteiger partial charge in [0.2, 0.25) is 0 Å². The molecule has 0 amide bonds. The first kappa shape index (κ1) is 13.4. The molecule has 0 radical (unpaired) electrons. The number of rotatable bonds is 3. The number of hydrogen-bond acceptors (Lipinski definition) is 4. The van der Waals surface area contributed by atoms with E-state index in [1.807, 2.05) is 6.92 Å². The number of nitrogens with two attached hydrogens (primary N) is 1. The SMILES string of the molecule is Cc1cc(Sc2cc(C(=O)O)c(N)cc2F)n(C)n1. The van der Waals surface area contributed by atoms with Crippen molar-refractivity contribution in [2.24, 2.45) is 7.05 Å². The standard InChI is InChI=1S/C12H12FN3O2S/c1-6-3-11(16(2)15-6)19-10-4-7(12(17)18)9(14)5-8(10)13/h3-5H,14H2,1-2H3,(H,17,18). The van der Waals surface area contributed by atoms with Crippen molar-refractivity contribution in [2.75, 3.05) is 5.73 Å². The van der Waals surface area contributed by atoms with E-state index in [2.05, 4.69) is 5.10 Å². The molecule has 0 bridgehead atoms. The second-order valence-corrected chi connectivity index (χ2v) is 5.09. The number of aromatic carboxylic acids is 1. The molecule has 100 valence electrons. The zero-order valence-corrected chi connectivity index (χ0v) is 11.2. The maximum absolute atomic E-state index is 13.8. The highest BCUT2D eigenvalue weighted by Gasteiger charge is 2.15. The summed E-state index contributed by atoms with van der Waals surface area (Å²) in [5.41, 5.74) is 6.08. The number of carboxylic acid groups (broad SMARTS) is 1. The Kier molecular flexibility index (Phi) is 3.48. The molecule has 0 unspecified atom stereocenters. The summed E-state index contributed by atoms with van der Waals surface area (Å²) < 4.78 is 15.4. The molecule has 0 aliphatic heterocycles. The molecule has 1 heterocycles. The Bertz CT molecular complexity index is 655. The Morgan fingerprint density at radius 2 is 2.16 bits per heavy atom. The molecule has 2 rings (SSSR count). The zero-order chi connectivity index (χ0) is 14.2. The number of hydrogen-bond donors (Lipinski definition) is 2. The van der Waals surface area contributed by atoms with Crippen LogP contribution in [0.4, 0.5) is 10.1 Å². The molecule has 5 nitrogen and oxygen atoms in total. The van der Waals surface area contributed by atoms with Gasteiger partial charge in [0.25, 0.3) is 0 Å². The molecule has 0 fully saturated rings. The third kappa shape index (κ3) is 2.70. The lowest BCUT2D eigenvalue weighted by atomic mass is 10.2. The second-order valence-electron chi connectivity index (χ2n) is 4.02. The van der Waals surface area contributed by atoms with E-state index in [1.165, 1.54) is 6.07 Å². The lowest BCUT2D eigenvalue weighted by Gasteiger charge is -2.07. The van der Waals surface area contributed by atoms with Gasteiger partial charge in [-0.15, -0.1) is 0 Å². The Morgan fingerprint density at radius 3 is 2.68 bits per heavy atom. The van der Waals surface area contributed by atoms with E-state index in [-0.39, 0.29) is 16.1 Å². The summed E-state index contributed by atoms with van der Waals surface area (Å²) >= 11 is 1.11. The van der Waals surface area contributed by atoms with Crippen molar-refractivity contribution in [1.29, 1.82) is 0 Å². The third-order valence-electron chi connectivity index (χ3n) is 2.51. The van der Waals surface area contributed by atoms with Crippen molar-refractivity contribution in [2.45, 2.75) is 16.8 Å². The summed E-state index contributed by atoms with van der Waals surface area (Å²) in [4.78, 5) is 11.2. The third-order valence-corrected chi connectivity index (χ3v) is 3.63. The van der Waals surface area contributed by atoms with Crippen molar-refractivity contribution in [3.8, 4) is 0 Å². The Labute approximate surface area is 113 Å². The van der Waals surface area contributed by atoms with Crippen LogP contribution in [0, 0.1) is 12.7 Å². The summed E-state index contributed by atoms with van der Waals surface area (Å²) in [6, 6.07) is 4.05. The highest BCUT2D eigenvalue weighted by atomic mass is 32.2. The summed E-state index contributed by atoms with van der Waals surface area (Å²) in [6.45, 7) is 1.83. The van der Waals surface area contributed by atoms with Crippen LogP contribution in [0.5, 0.6) is 0 Å². The minimum atomic E-state index is -1.18. The predicted octanol–water partition coefficient (Wildman–Crippen LogP) is 2.30. The maximum Gasteiger partial charge on any atom is 0.337 e. The maximum atomic E-state index is 13.8. The van der Waals surface area contributed by atoms with Gasteiger partial charge in [0.05, 0.1) is 21.2 Å². The van der Waals surface area contributed by atoms with E-state index in [0.29, 0.717) is 0 Å². The van der Waals surface area contributed by atoms with Gasteiger partial charge in [0.15, 0.2) is 0 Å². The van der Waals surface area contributed by atoms with Crippen LogP contribution in [0.25, 0.3) is 0 Å². The van der Waals surface area contributed by atoms with Crippen LogP contribution < -0.4 is 5.73 Å². The number of aromatic nitrogens is 2. The van der Waals surface area contributed by atoms with Gasteiger partial charge in [0.1, 0.15) is 5.82 Å². The fourth-order valence-electron chi connectivity index (χ4n) is 1.63. The normalized spacial score (nSPS) is 10.7. The number of anilines is 1. The van der Waals surface area contributed by atoms with Crippen LogP contribution in [0.2, 0.25) is 0 Å². The van der Waals surface area contributed by atoms with Crippen LogP contribution in [0.1, 0.15) is 16.1 Å². The largest absolute Gasteiger partial charge is 0.478 e. The van der Waals surface area contributed by atoms with Gasteiger partial charge >= 0.3 is 5.97 Å². The Morgan fingerprint density at radius 1 is 1.47 bits per heavy atom. The number of carbonyl (C=O) groups is 1. The number of nitrogens with zero attached hydrogens (tertiary/aromatic N) is 2. The average Bonchev–Trinajstić information content (AvgIpc) is 2.60. The van der Waals surface area contributed by atoms with E-state index in [9.17, 15) is 9.18 Å². The smallest absolute Gasteiger partial charge is 0.337 e. The molecule has 0 aliphatic rings. The first-order chi connectivity index (χ1) is 8.88. The molecule has 0 saturated carbocycles. The zero-order valence-electron chi connectivity index (χ0n) is 10.3. The van der Waals surface area contributed by atoms with E-state index in [4.69, 9.17) is 10.8 Å². The molecule has 0 spiro atoms. The van der Waals surface area contributed by atoms with E-state index < -0.39 is 11.8 Å². The molecule has 3 N–H and O–H groups in total. The molecule has 1 aromatic heterocycles. The number of carboxylic acids is 1. The van der Waals surface area contributed by atoms with Crippen molar-refractivity contribution < 1.29 is 14.3 Å². The lowest BCUT2D eigenvalue weighted by Crippen LogP contribution is -2.04. The van der Waals surface area contributed by atoms with E-state index >= 15 is 0 Å². The first-order valence-electron chi connectivity index (χ1n) is 5.39. The average molecular weight is 281 g/mol. The molecule has 7 heteroatoms. The molecular formula is C12H12FN3O2S. The van der Waals surface area contributed by atoms with Crippen LogP contribution >= 0.6 is 11.8 Å². The van der Waals surface area contributed by atoms with Crippen molar-refractivity contribution >= 4 is 23.4 Å². The highest BCUT2D eigenvalue weighted by molar-refractivity contribution is 7.99. The van der Waals surface area contributed by atoms with Gasteiger partial charge in [-0.25, -0.2) is 9.18 Å². The van der Waals surface area contributed by atoms with Gasteiger partial charge in [-0.2, -0.15) is 5.10 Å². The van der Waals surface area contributed by atoms with E-state index in [1.54, 1.807) is 17.8 Å². The fraction of sp³-hybridized carbons (Fsp3) is 0.167. The molecule has 0 atom stereocenters. The van der Waals surface area contributed by atoms with Crippen LogP contribution in [-0.2, 0) is 7.05 Å². The lowest BCUT2D eigenvalue weighted by molar-refractivity contribution is 0.0697. The monoisotopic (exact) mass is 281 g/mol. The van der Waals surface area contributed by atoms with Crippen molar-refractivity contribution in [1.82, 2.24) is 9.78 Å². The highest BCUT2D eigenvalue weighted by Crippen LogP contribution is 2.32. The number of aryl methyl sites for hydroxylation is 2. The minimum absolute atomic E-state index is 0.0875. The summed E-state index contributed by atoms with van der Waals surface area (Å²) in [5, 5.41) is 13.8. The van der Waals surface area contributed by atoms with Gasteiger partial charge in [-0.1, -0.05) is 11.8 Å². The Balaban J connectivity index is 2.42. The minimum Gasteiger partial charge on any atom is -0.478 e. The number of benzene rings is 1. The van der Waals surface area contributed by atoms with Gasteiger partial charge < -0.3 is 10.8 Å².